The highest BCUT2D eigenvalue weighted by Gasteiger charge is 2.14. The van der Waals surface area contributed by atoms with Crippen LogP contribution in [0.4, 0.5) is 5.82 Å². The highest BCUT2D eigenvalue weighted by molar-refractivity contribution is 6.04. The van der Waals surface area contributed by atoms with E-state index in [4.69, 9.17) is 9.47 Å². The van der Waals surface area contributed by atoms with Gasteiger partial charge in [0.1, 0.15) is 5.82 Å². The van der Waals surface area contributed by atoms with Crippen molar-refractivity contribution in [3.8, 4) is 11.5 Å². The number of anilines is 1. The third-order valence-corrected chi connectivity index (χ3v) is 3.40. The minimum absolute atomic E-state index is 0.164. The number of benzene rings is 1. The molecule has 6 heteroatoms. The predicted molar refractivity (Wildman–Crippen MR) is 93.9 cm³/mol. The van der Waals surface area contributed by atoms with Crippen LogP contribution in [0.15, 0.2) is 30.5 Å². The number of aromatic nitrogens is 2. The van der Waals surface area contributed by atoms with Gasteiger partial charge < -0.3 is 14.8 Å². The molecule has 0 aliphatic rings. The first-order valence-electron chi connectivity index (χ1n) is 8.08. The summed E-state index contributed by atoms with van der Waals surface area (Å²) < 4.78 is 12.8. The van der Waals surface area contributed by atoms with Crippen molar-refractivity contribution in [3.05, 3.63) is 36.0 Å². The predicted octanol–water partition coefficient (Wildman–Crippen LogP) is 3.76. The largest absolute Gasteiger partial charge is 0.493 e. The molecule has 0 saturated heterocycles. The van der Waals surface area contributed by atoms with E-state index < -0.39 is 0 Å². The molecule has 1 amide bonds. The van der Waals surface area contributed by atoms with Crippen LogP contribution < -0.4 is 14.8 Å². The van der Waals surface area contributed by atoms with Crippen molar-refractivity contribution in [2.75, 3.05) is 19.0 Å². The number of amides is 1. The van der Waals surface area contributed by atoms with Crippen molar-refractivity contribution in [2.45, 2.75) is 33.7 Å². The molecule has 1 aromatic heterocycles. The zero-order valence-corrected chi connectivity index (χ0v) is 14.9. The summed E-state index contributed by atoms with van der Waals surface area (Å²) >= 11 is 0. The third-order valence-electron chi connectivity index (χ3n) is 3.40. The van der Waals surface area contributed by atoms with E-state index in [-0.39, 0.29) is 11.9 Å². The van der Waals surface area contributed by atoms with Gasteiger partial charge in [0.25, 0.3) is 5.91 Å². The quantitative estimate of drug-likeness (QED) is 0.839. The van der Waals surface area contributed by atoms with Crippen LogP contribution in [0.3, 0.4) is 0 Å². The summed E-state index contributed by atoms with van der Waals surface area (Å²) in [5.41, 5.74) is 0.500. The Bertz CT molecular complexity index is 693. The molecule has 1 N–H and O–H groups in total. The standard InChI is InChI=1S/C18H25N3O3/c1-12(2)11-24-15-7-6-14(10-16(15)23-5)18(22)20-17-8-9-19-21(17)13(3)4/h6-10,12-13H,11H2,1-5H3,(H,20,22). The summed E-state index contributed by atoms with van der Waals surface area (Å²) in [4.78, 5) is 12.5. The molecule has 0 fully saturated rings. The van der Waals surface area contributed by atoms with Crippen molar-refractivity contribution in [1.82, 2.24) is 9.78 Å². The van der Waals surface area contributed by atoms with E-state index in [9.17, 15) is 4.79 Å². The van der Waals surface area contributed by atoms with Gasteiger partial charge in [-0.15, -0.1) is 0 Å². The number of nitrogens with zero attached hydrogens (tertiary/aromatic N) is 2. The van der Waals surface area contributed by atoms with Crippen molar-refractivity contribution in [1.29, 1.82) is 0 Å². The SMILES string of the molecule is COc1cc(C(=O)Nc2ccnn2C(C)C)ccc1OCC(C)C. The van der Waals surface area contributed by atoms with Crippen LogP contribution in [0.1, 0.15) is 44.1 Å². The lowest BCUT2D eigenvalue weighted by Crippen LogP contribution is -2.17. The van der Waals surface area contributed by atoms with Crippen LogP contribution in [0.25, 0.3) is 0 Å². The highest BCUT2D eigenvalue weighted by Crippen LogP contribution is 2.29. The Labute approximate surface area is 142 Å². The van der Waals surface area contributed by atoms with Gasteiger partial charge in [0.2, 0.25) is 0 Å². The molecule has 0 radical (unpaired) electrons. The maximum Gasteiger partial charge on any atom is 0.256 e. The van der Waals surface area contributed by atoms with Crippen molar-refractivity contribution >= 4 is 11.7 Å². The first-order valence-corrected chi connectivity index (χ1v) is 8.08. The molecule has 2 rings (SSSR count). The van der Waals surface area contributed by atoms with E-state index in [0.717, 1.165) is 0 Å². The zero-order valence-electron chi connectivity index (χ0n) is 14.9. The van der Waals surface area contributed by atoms with Gasteiger partial charge >= 0.3 is 0 Å². The molecule has 24 heavy (non-hydrogen) atoms. The average Bonchev–Trinajstić information content (AvgIpc) is 3.00. The van der Waals surface area contributed by atoms with Gasteiger partial charge in [0, 0.05) is 17.7 Å². The smallest absolute Gasteiger partial charge is 0.256 e. The van der Waals surface area contributed by atoms with Crippen LogP contribution >= 0.6 is 0 Å². The molecule has 1 heterocycles. The van der Waals surface area contributed by atoms with Crippen LogP contribution in [0.2, 0.25) is 0 Å². The van der Waals surface area contributed by atoms with E-state index >= 15 is 0 Å². The minimum atomic E-state index is -0.217. The van der Waals surface area contributed by atoms with Crippen molar-refractivity contribution in [2.24, 2.45) is 5.92 Å². The normalized spacial score (nSPS) is 11.0. The first-order chi connectivity index (χ1) is 11.4. The Hall–Kier alpha value is -2.50. The molecular formula is C18H25N3O3. The molecule has 2 aromatic rings. The number of carbonyl (C=O) groups excluding carboxylic acids is 1. The third kappa shape index (κ3) is 4.28. The van der Waals surface area contributed by atoms with E-state index in [2.05, 4.69) is 24.3 Å². The monoisotopic (exact) mass is 331 g/mol. The molecule has 0 aliphatic heterocycles. The molecule has 0 aliphatic carbocycles. The second-order valence-electron chi connectivity index (χ2n) is 6.28. The molecule has 0 bridgehead atoms. The molecule has 130 valence electrons. The number of methoxy groups -OCH3 is 1. The Kier molecular flexibility index (Phi) is 5.84. The lowest BCUT2D eigenvalue weighted by Gasteiger charge is -2.14. The number of ether oxygens (including phenoxy) is 2. The van der Waals surface area contributed by atoms with Crippen molar-refractivity contribution < 1.29 is 14.3 Å². The molecular weight excluding hydrogens is 306 g/mol. The summed E-state index contributed by atoms with van der Waals surface area (Å²) in [7, 11) is 1.56. The first kappa shape index (κ1) is 17.8. The Morgan fingerprint density at radius 3 is 2.58 bits per heavy atom. The fourth-order valence-corrected chi connectivity index (χ4v) is 2.20. The molecule has 0 saturated carbocycles. The molecule has 0 spiro atoms. The van der Waals surface area contributed by atoms with Gasteiger partial charge in [-0.25, -0.2) is 4.68 Å². The highest BCUT2D eigenvalue weighted by atomic mass is 16.5. The average molecular weight is 331 g/mol. The number of hydrogen-bond acceptors (Lipinski definition) is 4. The molecule has 0 atom stereocenters. The van der Waals surface area contributed by atoms with Gasteiger partial charge in [0.05, 0.1) is 19.9 Å². The van der Waals surface area contributed by atoms with Crippen molar-refractivity contribution in [3.63, 3.8) is 0 Å². The fourth-order valence-electron chi connectivity index (χ4n) is 2.20. The summed E-state index contributed by atoms with van der Waals surface area (Å²) in [6.07, 6.45) is 1.67. The van der Waals surface area contributed by atoms with Crippen LogP contribution in [0.5, 0.6) is 11.5 Å². The van der Waals surface area contributed by atoms with E-state index in [1.807, 2.05) is 13.8 Å². The maximum absolute atomic E-state index is 12.5. The number of nitrogens with one attached hydrogen (secondary N) is 1. The number of carbonyl (C=O) groups is 1. The van der Waals surface area contributed by atoms with Crippen LogP contribution in [-0.2, 0) is 0 Å². The number of hydrogen-bond donors (Lipinski definition) is 1. The Morgan fingerprint density at radius 1 is 1.21 bits per heavy atom. The second-order valence-corrected chi connectivity index (χ2v) is 6.28. The summed E-state index contributed by atoms with van der Waals surface area (Å²) in [5, 5.41) is 7.08. The van der Waals surface area contributed by atoms with Gasteiger partial charge in [-0.2, -0.15) is 5.10 Å². The topological polar surface area (TPSA) is 65.4 Å². The Balaban J connectivity index is 2.16. The van der Waals surface area contributed by atoms with Crippen LogP contribution in [0, 0.1) is 5.92 Å². The molecule has 0 unspecified atom stereocenters. The maximum atomic E-state index is 12.5. The summed E-state index contributed by atoms with van der Waals surface area (Å²) in [6.45, 7) is 8.76. The Morgan fingerprint density at radius 2 is 1.96 bits per heavy atom. The second kappa shape index (κ2) is 7.86. The molecule has 6 nitrogen and oxygen atoms in total. The van der Waals surface area contributed by atoms with Gasteiger partial charge in [-0.1, -0.05) is 13.8 Å². The lowest BCUT2D eigenvalue weighted by molar-refractivity contribution is 0.102. The van der Waals surface area contributed by atoms with E-state index in [1.54, 1.807) is 42.3 Å². The summed E-state index contributed by atoms with van der Waals surface area (Å²) in [6, 6.07) is 7.10. The van der Waals surface area contributed by atoms with E-state index in [1.165, 1.54) is 0 Å². The number of rotatable bonds is 7. The van der Waals surface area contributed by atoms with Crippen LogP contribution in [-0.4, -0.2) is 29.4 Å². The fraction of sp³-hybridized carbons (Fsp3) is 0.444. The minimum Gasteiger partial charge on any atom is -0.493 e. The summed E-state index contributed by atoms with van der Waals surface area (Å²) in [5.74, 6) is 2.03. The van der Waals surface area contributed by atoms with Gasteiger partial charge in [0.15, 0.2) is 11.5 Å². The van der Waals surface area contributed by atoms with Gasteiger partial charge in [-0.3, -0.25) is 4.79 Å². The van der Waals surface area contributed by atoms with E-state index in [0.29, 0.717) is 35.4 Å². The van der Waals surface area contributed by atoms with Gasteiger partial charge in [-0.05, 0) is 38.0 Å². The lowest BCUT2D eigenvalue weighted by atomic mass is 10.2. The zero-order chi connectivity index (χ0) is 17.7. The molecule has 1 aromatic carbocycles.